The number of para-hydroxylation sites is 1. The molecule has 1 aromatic carbocycles. The Morgan fingerprint density at radius 2 is 1.86 bits per heavy atom. The van der Waals surface area contributed by atoms with E-state index in [-0.39, 0.29) is 12.2 Å². The summed E-state index contributed by atoms with van der Waals surface area (Å²) in [4.78, 5) is 2.19. The summed E-state index contributed by atoms with van der Waals surface area (Å²) < 4.78 is 0. The fourth-order valence-electron chi connectivity index (χ4n) is 1.97. The largest absolute Gasteiger partial charge is 0.355 e. The van der Waals surface area contributed by atoms with Crippen molar-refractivity contribution in [2.24, 2.45) is 11.5 Å². The summed E-state index contributed by atoms with van der Waals surface area (Å²) in [6.45, 7) is 1.01. The van der Waals surface area contributed by atoms with Crippen LogP contribution >= 0.6 is 0 Å². The van der Waals surface area contributed by atoms with E-state index < -0.39 is 0 Å². The molecule has 2 unspecified atom stereocenters. The van der Waals surface area contributed by atoms with E-state index in [9.17, 15) is 0 Å². The highest BCUT2D eigenvalue weighted by Crippen LogP contribution is 2.21. The van der Waals surface area contributed by atoms with Gasteiger partial charge in [-0.05, 0) is 25.0 Å². The van der Waals surface area contributed by atoms with E-state index in [1.165, 1.54) is 5.69 Å². The van der Waals surface area contributed by atoms with E-state index in [1.54, 1.807) is 0 Å². The van der Waals surface area contributed by atoms with Crippen LogP contribution in [0.4, 0.5) is 5.69 Å². The van der Waals surface area contributed by atoms with Gasteiger partial charge in [-0.25, -0.2) is 0 Å². The Labute approximate surface area is 84.7 Å². The van der Waals surface area contributed by atoms with Crippen molar-refractivity contribution in [2.75, 3.05) is 11.4 Å². The fraction of sp³-hybridized carbons (Fsp3) is 0.455. The SMILES string of the molecule is NC1CCCN(c2ccccc2)C1N. The van der Waals surface area contributed by atoms with Crippen LogP contribution in [0.25, 0.3) is 0 Å². The van der Waals surface area contributed by atoms with Crippen LogP contribution in [0.15, 0.2) is 30.3 Å². The van der Waals surface area contributed by atoms with E-state index >= 15 is 0 Å². The standard InChI is InChI=1S/C11H17N3/c12-10-7-4-8-14(11(10)13)9-5-2-1-3-6-9/h1-3,5-6,10-11H,4,7-8,12-13H2. The van der Waals surface area contributed by atoms with Crippen LogP contribution in [-0.4, -0.2) is 18.8 Å². The Balaban J connectivity index is 2.17. The lowest BCUT2D eigenvalue weighted by atomic mass is 10.0. The van der Waals surface area contributed by atoms with Crippen molar-refractivity contribution in [3.05, 3.63) is 30.3 Å². The van der Waals surface area contributed by atoms with Crippen molar-refractivity contribution in [3.8, 4) is 0 Å². The molecule has 0 aromatic heterocycles. The molecule has 2 rings (SSSR count). The maximum absolute atomic E-state index is 6.06. The minimum Gasteiger partial charge on any atom is -0.355 e. The molecular formula is C11H17N3. The molecule has 0 saturated carbocycles. The highest BCUT2D eigenvalue weighted by Gasteiger charge is 2.25. The molecule has 1 aliphatic heterocycles. The van der Waals surface area contributed by atoms with E-state index in [0.29, 0.717) is 0 Å². The van der Waals surface area contributed by atoms with Gasteiger partial charge < -0.3 is 16.4 Å². The number of nitrogens with zero attached hydrogens (tertiary/aromatic N) is 1. The maximum Gasteiger partial charge on any atom is 0.0924 e. The molecule has 0 aliphatic carbocycles. The van der Waals surface area contributed by atoms with E-state index in [2.05, 4.69) is 17.0 Å². The van der Waals surface area contributed by atoms with Gasteiger partial charge in [0.15, 0.2) is 0 Å². The van der Waals surface area contributed by atoms with Gasteiger partial charge in [0.1, 0.15) is 0 Å². The lowest BCUT2D eigenvalue weighted by Gasteiger charge is -2.38. The van der Waals surface area contributed by atoms with Crippen LogP contribution in [0.2, 0.25) is 0 Å². The Kier molecular flexibility index (Phi) is 2.70. The van der Waals surface area contributed by atoms with Crippen LogP contribution in [0.3, 0.4) is 0 Å². The zero-order valence-corrected chi connectivity index (χ0v) is 8.26. The normalized spacial score (nSPS) is 27.7. The number of rotatable bonds is 1. The Morgan fingerprint density at radius 3 is 2.57 bits per heavy atom. The summed E-state index contributed by atoms with van der Waals surface area (Å²) in [5.41, 5.74) is 13.2. The second-order valence-electron chi connectivity index (χ2n) is 3.83. The van der Waals surface area contributed by atoms with Crippen LogP contribution in [0.5, 0.6) is 0 Å². The Hall–Kier alpha value is -1.06. The third kappa shape index (κ3) is 1.74. The second kappa shape index (κ2) is 3.98. The summed E-state index contributed by atoms with van der Waals surface area (Å²) in [6.07, 6.45) is 2.13. The number of hydrogen-bond acceptors (Lipinski definition) is 3. The summed E-state index contributed by atoms with van der Waals surface area (Å²) in [7, 11) is 0. The molecule has 1 aromatic rings. The molecule has 0 bridgehead atoms. The van der Waals surface area contributed by atoms with E-state index in [0.717, 1.165) is 19.4 Å². The molecule has 1 heterocycles. The molecule has 0 spiro atoms. The summed E-state index contributed by atoms with van der Waals surface area (Å²) in [6, 6.07) is 10.3. The van der Waals surface area contributed by atoms with Gasteiger partial charge in [-0.2, -0.15) is 0 Å². The topological polar surface area (TPSA) is 55.3 Å². The maximum atomic E-state index is 6.06. The lowest BCUT2D eigenvalue weighted by molar-refractivity contribution is 0.408. The summed E-state index contributed by atoms with van der Waals surface area (Å²) in [5.74, 6) is 0. The van der Waals surface area contributed by atoms with E-state index in [4.69, 9.17) is 11.5 Å². The van der Waals surface area contributed by atoms with Gasteiger partial charge in [0.2, 0.25) is 0 Å². The van der Waals surface area contributed by atoms with Crippen molar-refractivity contribution in [1.82, 2.24) is 0 Å². The first-order valence-corrected chi connectivity index (χ1v) is 5.12. The van der Waals surface area contributed by atoms with Crippen molar-refractivity contribution in [1.29, 1.82) is 0 Å². The minimum absolute atomic E-state index is 0.0360. The van der Waals surface area contributed by atoms with Gasteiger partial charge in [0.05, 0.1) is 6.17 Å². The average Bonchev–Trinajstić information content (AvgIpc) is 2.23. The van der Waals surface area contributed by atoms with Crippen molar-refractivity contribution in [2.45, 2.75) is 25.0 Å². The number of anilines is 1. The molecular weight excluding hydrogens is 174 g/mol. The second-order valence-corrected chi connectivity index (χ2v) is 3.83. The number of hydrogen-bond donors (Lipinski definition) is 2. The van der Waals surface area contributed by atoms with Crippen molar-refractivity contribution in [3.63, 3.8) is 0 Å². The third-order valence-electron chi connectivity index (χ3n) is 2.82. The molecule has 14 heavy (non-hydrogen) atoms. The smallest absolute Gasteiger partial charge is 0.0924 e. The van der Waals surface area contributed by atoms with E-state index in [1.807, 2.05) is 18.2 Å². The number of nitrogens with two attached hydrogens (primary N) is 2. The third-order valence-corrected chi connectivity index (χ3v) is 2.82. The molecule has 1 saturated heterocycles. The van der Waals surface area contributed by atoms with Crippen LogP contribution in [-0.2, 0) is 0 Å². The van der Waals surface area contributed by atoms with Crippen molar-refractivity contribution >= 4 is 5.69 Å². The van der Waals surface area contributed by atoms with Gasteiger partial charge in [0, 0.05) is 18.3 Å². The molecule has 2 atom stereocenters. The monoisotopic (exact) mass is 191 g/mol. The molecule has 0 radical (unpaired) electrons. The van der Waals surface area contributed by atoms with Crippen LogP contribution < -0.4 is 16.4 Å². The zero-order chi connectivity index (χ0) is 9.97. The first kappa shape index (κ1) is 9.49. The quantitative estimate of drug-likeness (QED) is 0.693. The highest BCUT2D eigenvalue weighted by atomic mass is 15.2. The fourth-order valence-corrected chi connectivity index (χ4v) is 1.97. The molecule has 3 nitrogen and oxygen atoms in total. The number of piperidine rings is 1. The minimum atomic E-state index is -0.0360. The first-order chi connectivity index (χ1) is 6.79. The van der Waals surface area contributed by atoms with Crippen LogP contribution in [0.1, 0.15) is 12.8 Å². The predicted molar refractivity (Wildman–Crippen MR) is 59.0 cm³/mol. The average molecular weight is 191 g/mol. The molecule has 1 fully saturated rings. The first-order valence-electron chi connectivity index (χ1n) is 5.12. The molecule has 3 heteroatoms. The predicted octanol–water partition coefficient (Wildman–Crippen LogP) is 0.899. The van der Waals surface area contributed by atoms with Gasteiger partial charge in [0.25, 0.3) is 0 Å². The van der Waals surface area contributed by atoms with Gasteiger partial charge in [-0.3, -0.25) is 0 Å². The Morgan fingerprint density at radius 1 is 1.14 bits per heavy atom. The van der Waals surface area contributed by atoms with Crippen LogP contribution in [0, 0.1) is 0 Å². The zero-order valence-electron chi connectivity index (χ0n) is 8.26. The van der Waals surface area contributed by atoms with Gasteiger partial charge in [-0.15, -0.1) is 0 Å². The Bertz CT molecular complexity index is 286. The summed E-state index contributed by atoms with van der Waals surface area (Å²) >= 11 is 0. The lowest BCUT2D eigenvalue weighted by Crippen LogP contribution is -2.57. The number of benzene rings is 1. The van der Waals surface area contributed by atoms with Gasteiger partial charge in [-0.1, -0.05) is 18.2 Å². The molecule has 76 valence electrons. The molecule has 4 N–H and O–H groups in total. The van der Waals surface area contributed by atoms with Gasteiger partial charge >= 0.3 is 0 Å². The molecule has 1 aliphatic rings. The van der Waals surface area contributed by atoms with Crippen molar-refractivity contribution < 1.29 is 0 Å². The highest BCUT2D eigenvalue weighted by molar-refractivity contribution is 5.47. The summed E-state index contributed by atoms with van der Waals surface area (Å²) in [5, 5.41) is 0. The molecule has 0 amide bonds.